The summed E-state index contributed by atoms with van der Waals surface area (Å²) in [6.45, 7) is 5.64. The van der Waals surface area contributed by atoms with Crippen LogP contribution in [0.5, 0.6) is 0 Å². The molecule has 0 heterocycles. The second-order valence-electron chi connectivity index (χ2n) is 8.05. The molecule has 0 spiro atoms. The first-order valence-electron chi connectivity index (χ1n) is 11.3. The van der Waals surface area contributed by atoms with Gasteiger partial charge in [0.25, 0.3) is 0 Å². The molecule has 1 aromatic rings. The average molecular weight is 362 g/mol. The van der Waals surface area contributed by atoms with Crippen LogP contribution in [0.25, 0.3) is 0 Å². The predicted octanol–water partition coefficient (Wildman–Crippen LogP) is 8.02. The molecular weight excluding hydrogens is 314 g/mol. The Morgan fingerprint density at radius 3 is 1.27 bits per heavy atom. The highest BCUT2D eigenvalue weighted by Gasteiger charge is 1.94. The van der Waals surface area contributed by atoms with E-state index in [2.05, 4.69) is 45.0 Å². The summed E-state index contributed by atoms with van der Waals surface area (Å²) in [4.78, 5) is 2.29. The average Bonchev–Trinajstić information content (AvgIpc) is 2.63. The summed E-state index contributed by atoms with van der Waals surface area (Å²) in [7, 11) is 4.34. The number of unbranched alkanes of at least 4 members (excludes halogenated alkanes) is 13. The predicted molar refractivity (Wildman–Crippen MR) is 120 cm³/mol. The van der Waals surface area contributed by atoms with Crippen LogP contribution in [0.2, 0.25) is 0 Å². The van der Waals surface area contributed by atoms with Crippen molar-refractivity contribution in [2.45, 2.75) is 104 Å². The Bertz CT molecular complexity index is 358. The van der Waals surface area contributed by atoms with Crippen LogP contribution in [0.1, 0.15) is 102 Å². The summed E-state index contributed by atoms with van der Waals surface area (Å²) in [5.41, 5.74) is 1.32. The van der Waals surface area contributed by atoms with Gasteiger partial charge < -0.3 is 4.90 Å². The summed E-state index contributed by atoms with van der Waals surface area (Å²) in [5.74, 6) is 0. The Kier molecular flexibility index (Phi) is 19.8. The molecule has 0 aliphatic carbocycles. The molecule has 0 bridgehead atoms. The zero-order valence-corrected chi connectivity index (χ0v) is 18.4. The van der Waals surface area contributed by atoms with Gasteiger partial charge in [-0.15, -0.1) is 0 Å². The molecule has 0 atom stereocenters. The van der Waals surface area contributed by atoms with Gasteiger partial charge in [0.1, 0.15) is 0 Å². The Labute approximate surface area is 165 Å². The molecular formula is C25H47N. The van der Waals surface area contributed by atoms with Crippen LogP contribution in [0, 0.1) is 6.92 Å². The second kappa shape index (κ2) is 20.5. The van der Waals surface area contributed by atoms with Crippen molar-refractivity contribution in [1.29, 1.82) is 0 Å². The summed E-state index contributed by atoms with van der Waals surface area (Å²) < 4.78 is 0. The van der Waals surface area contributed by atoms with E-state index < -0.39 is 0 Å². The highest BCUT2D eigenvalue weighted by Crippen LogP contribution is 2.12. The van der Waals surface area contributed by atoms with E-state index in [0.717, 1.165) is 0 Å². The van der Waals surface area contributed by atoms with Crippen LogP contribution in [0.3, 0.4) is 0 Å². The first-order chi connectivity index (χ1) is 12.7. The maximum Gasteiger partial charge on any atom is -0.00248 e. The lowest BCUT2D eigenvalue weighted by molar-refractivity contribution is 0.389. The van der Waals surface area contributed by atoms with E-state index in [9.17, 15) is 0 Å². The minimum atomic E-state index is 1.26. The lowest BCUT2D eigenvalue weighted by atomic mass is 10.0. The lowest BCUT2D eigenvalue weighted by Crippen LogP contribution is -2.12. The second-order valence-corrected chi connectivity index (χ2v) is 8.05. The summed E-state index contributed by atoms with van der Waals surface area (Å²) >= 11 is 0. The van der Waals surface area contributed by atoms with Crippen LogP contribution < -0.4 is 0 Å². The summed E-state index contributed by atoms with van der Waals surface area (Å²) in [5, 5.41) is 0. The highest BCUT2D eigenvalue weighted by atomic mass is 15.0. The summed E-state index contributed by atoms with van der Waals surface area (Å²) in [6, 6.07) is 10.3. The number of hydrogen-bond donors (Lipinski definition) is 0. The minimum Gasteiger partial charge on any atom is -0.309 e. The zero-order chi connectivity index (χ0) is 19.3. The van der Waals surface area contributed by atoms with E-state index in [0.29, 0.717) is 0 Å². The van der Waals surface area contributed by atoms with Gasteiger partial charge in [-0.25, -0.2) is 0 Å². The van der Waals surface area contributed by atoms with E-state index in [1.54, 1.807) is 0 Å². The Morgan fingerprint density at radius 1 is 0.577 bits per heavy atom. The van der Waals surface area contributed by atoms with Gasteiger partial charge >= 0.3 is 0 Å². The van der Waals surface area contributed by atoms with E-state index in [4.69, 9.17) is 0 Å². The van der Waals surface area contributed by atoms with E-state index >= 15 is 0 Å². The van der Waals surface area contributed by atoms with Gasteiger partial charge in [-0.3, -0.25) is 0 Å². The summed E-state index contributed by atoms with van der Waals surface area (Å²) in [6.07, 6.45) is 20.3. The molecule has 0 N–H and O–H groups in total. The van der Waals surface area contributed by atoms with Crippen molar-refractivity contribution in [3.63, 3.8) is 0 Å². The van der Waals surface area contributed by atoms with E-state index in [1.807, 2.05) is 18.2 Å². The molecule has 0 fully saturated rings. The number of aryl methyl sites for hydroxylation is 1. The highest BCUT2D eigenvalue weighted by molar-refractivity contribution is 5.11. The third-order valence-electron chi connectivity index (χ3n) is 4.90. The normalized spacial score (nSPS) is 10.7. The monoisotopic (exact) mass is 361 g/mol. The van der Waals surface area contributed by atoms with Gasteiger partial charge in [0.2, 0.25) is 0 Å². The quantitative estimate of drug-likeness (QED) is 0.286. The maximum atomic E-state index is 2.29. The van der Waals surface area contributed by atoms with Gasteiger partial charge in [0.05, 0.1) is 0 Å². The van der Waals surface area contributed by atoms with E-state index in [1.165, 1.54) is 102 Å². The van der Waals surface area contributed by atoms with Crippen molar-refractivity contribution < 1.29 is 0 Å². The van der Waals surface area contributed by atoms with Crippen molar-refractivity contribution in [1.82, 2.24) is 4.90 Å². The molecule has 0 unspecified atom stereocenters. The van der Waals surface area contributed by atoms with Gasteiger partial charge in [-0.2, -0.15) is 0 Å². The van der Waals surface area contributed by atoms with Crippen molar-refractivity contribution in [2.24, 2.45) is 0 Å². The molecule has 0 saturated carbocycles. The van der Waals surface area contributed by atoms with Gasteiger partial charge in [-0.1, -0.05) is 126 Å². The molecule has 26 heavy (non-hydrogen) atoms. The number of hydrogen-bond acceptors (Lipinski definition) is 1. The molecule has 0 saturated heterocycles. The van der Waals surface area contributed by atoms with Gasteiger partial charge in [0, 0.05) is 0 Å². The SMILES string of the molecule is CCCCCCCCCCCCCCCCN(C)C.Cc1ccccc1. The number of rotatable bonds is 15. The molecule has 0 aromatic heterocycles. The number of nitrogens with zero attached hydrogens (tertiary/aromatic N) is 1. The molecule has 1 heteroatoms. The van der Waals surface area contributed by atoms with Crippen LogP contribution in [0.15, 0.2) is 30.3 Å². The van der Waals surface area contributed by atoms with Crippen molar-refractivity contribution >= 4 is 0 Å². The lowest BCUT2D eigenvalue weighted by Gasteiger charge is -2.08. The molecule has 0 aliphatic rings. The fourth-order valence-electron chi connectivity index (χ4n) is 3.16. The van der Waals surface area contributed by atoms with Crippen LogP contribution >= 0.6 is 0 Å². The van der Waals surface area contributed by atoms with Crippen LogP contribution in [-0.2, 0) is 0 Å². The Balaban J connectivity index is 0.000000735. The molecule has 0 aliphatic heterocycles. The smallest absolute Gasteiger partial charge is 0.00248 e. The van der Waals surface area contributed by atoms with Crippen LogP contribution in [0.4, 0.5) is 0 Å². The van der Waals surface area contributed by atoms with Crippen LogP contribution in [-0.4, -0.2) is 25.5 Å². The third-order valence-corrected chi connectivity index (χ3v) is 4.90. The molecule has 0 amide bonds. The molecule has 1 nitrogen and oxygen atoms in total. The zero-order valence-electron chi connectivity index (χ0n) is 18.4. The van der Waals surface area contributed by atoms with Crippen molar-refractivity contribution in [2.75, 3.05) is 20.6 Å². The topological polar surface area (TPSA) is 3.24 Å². The molecule has 1 aromatic carbocycles. The van der Waals surface area contributed by atoms with E-state index in [-0.39, 0.29) is 0 Å². The Morgan fingerprint density at radius 2 is 0.962 bits per heavy atom. The number of benzene rings is 1. The maximum absolute atomic E-state index is 2.29. The van der Waals surface area contributed by atoms with Gasteiger partial charge in [0.15, 0.2) is 0 Å². The largest absolute Gasteiger partial charge is 0.309 e. The standard InChI is InChI=1S/C18H39N.C7H8/c1-4-5-6-7-8-9-10-11-12-13-14-15-16-17-18-19(2)3;1-7-5-3-2-4-6-7/h4-18H2,1-3H3;2-6H,1H3. The fourth-order valence-corrected chi connectivity index (χ4v) is 3.16. The fraction of sp³-hybridized carbons (Fsp3) is 0.760. The molecule has 152 valence electrons. The van der Waals surface area contributed by atoms with Gasteiger partial charge in [-0.05, 0) is 34.0 Å². The first-order valence-corrected chi connectivity index (χ1v) is 11.3. The Hall–Kier alpha value is -0.820. The molecule has 0 radical (unpaired) electrons. The third kappa shape index (κ3) is 21.2. The first kappa shape index (κ1) is 25.2. The van der Waals surface area contributed by atoms with Crippen molar-refractivity contribution in [3.8, 4) is 0 Å². The van der Waals surface area contributed by atoms with Crippen molar-refractivity contribution in [3.05, 3.63) is 35.9 Å². The minimum absolute atomic E-state index is 1.26. The molecule has 1 rings (SSSR count).